The molecule has 1 aliphatic carbocycles. The number of aryl methyl sites for hydroxylation is 1. The Hall–Kier alpha value is -1.65. The third-order valence-electron chi connectivity index (χ3n) is 3.03. The van der Waals surface area contributed by atoms with Crippen LogP contribution in [0.15, 0.2) is 12.1 Å². The van der Waals surface area contributed by atoms with Gasteiger partial charge < -0.3 is 5.32 Å². The Kier molecular flexibility index (Phi) is 2.33. The second kappa shape index (κ2) is 3.43. The minimum Gasteiger partial charge on any atom is -0.361 e. The van der Waals surface area contributed by atoms with Crippen LogP contribution in [0, 0.1) is 22.5 Å². The number of nitrogens with zero attached hydrogens (tertiary/aromatic N) is 2. The SMILES string of the molecule is Cc1ccc([N+](=O)[O-])c(NC2CC2(C)C)n1. The summed E-state index contributed by atoms with van der Waals surface area (Å²) >= 11 is 0. The molecule has 5 nitrogen and oxygen atoms in total. The molecule has 0 radical (unpaired) electrons. The van der Waals surface area contributed by atoms with Gasteiger partial charge >= 0.3 is 5.69 Å². The molecule has 5 heteroatoms. The van der Waals surface area contributed by atoms with Gasteiger partial charge in [-0.1, -0.05) is 13.8 Å². The molecule has 0 bridgehead atoms. The summed E-state index contributed by atoms with van der Waals surface area (Å²) in [7, 11) is 0. The number of aromatic nitrogens is 1. The van der Waals surface area contributed by atoms with Crippen molar-refractivity contribution in [2.24, 2.45) is 5.41 Å². The summed E-state index contributed by atoms with van der Waals surface area (Å²) in [5, 5.41) is 14.0. The molecule has 0 saturated heterocycles. The van der Waals surface area contributed by atoms with Crippen LogP contribution in [0.3, 0.4) is 0 Å². The molecule has 1 fully saturated rings. The van der Waals surface area contributed by atoms with Crippen molar-refractivity contribution >= 4 is 11.5 Å². The highest BCUT2D eigenvalue weighted by Gasteiger charge is 2.46. The maximum absolute atomic E-state index is 10.8. The van der Waals surface area contributed by atoms with E-state index >= 15 is 0 Å². The Morgan fingerprint density at radius 1 is 1.56 bits per heavy atom. The molecule has 1 aliphatic rings. The van der Waals surface area contributed by atoms with Crippen LogP contribution in [0.25, 0.3) is 0 Å². The molecule has 1 aromatic rings. The van der Waals surface area contributed by atoms with Crippen molar-refractivity contribution in [3.8, 4) is 0 Å². The zero-order valence-corrected chi connectivity index (χ0v) is 9.65. The van der Waals surface area contributed by atoms with Gasteiger partial charge in [0, 0.05) is 17.8 Å². The van der Waals surface area contributed by atoms with E-state index in [1.54, 1.807) is 6.07 Å². The summed E-state index contributed by atoms with van der Waals surface area (Å²) in [6.07, 6.45) is 1.03. The van der Waals surface area contributed by atoms with Crippen LogP contribution in [-0.2, 0) is 0 Å². The van der Waals surface area contributed by atoms with E-state index in [-0.39, 0.29) is 11.1 Å². The first-order valence-electron chi connectivity index (χ1n) is 5.29. The Balaban J connectivity index is 2.25. The third-order valence-corrected chi connectivity index (χ3v) is 3.03. The van der Waals surface area contributed by atoms with Crippen molar-refractivity contribution in [1.82, 2.24) is 4.98 Å². The van der Waals surface area contributed by atoms with Gasteiger partial charge in [-0.3, -0.25) is 10.1 Å². The number of hydrogen-bond acceptors (Lipinski definition) is 4. The number of nitro groups is 1. The Morgan fingerprint density at radius 3 is 2.69 bits per heavy atom. The first kappa shape index (κ1) is 10.9. The lowest BCUT2D eigenvalue weighted by molar-refractivity contribution is -0.384. The van der Waals surface area contributed by atoms with Crippen LogP contribution in [0.4, 0.5) is 11.5 Å². The minimum atomic E-state index is -0.399. The zero-order chi connectivity index (χ0) is 11.9. The summed E-state index contributed by atoms with van der Waals surface area (Å²) in [6.45, 7) is 6.09. The van der Waals surface area contributed by atoms with Crippen molar-refractivity contribution in [3.63, 3.8) is 0 Å². The molecule has 1 saturated carbocycles. The number of pyridine rings is 1. The molecule has 0 aliphatic heterocycles. The van der Waals surface area contributed by atoms with Crippen LogP contribution < -0.4 is 5.32 Å². The molecule has 1 N–H and O–H groups in total. The van der Waals surface area contributed by atoms with Crippen molar-refractivity contribution < 1.29 is 4.92 Å². The quantitative estimate of drug-likeness (QED) is 0.629. The van der Waals surface area contributed by atoms with Gasteiger partial charge in [0.25, 0.3) is 0 Å². The molecule has 1 atom stereocenters. The fourth-order valence-electron chi connectivity index (χ4n) is 1.68. The standard InChI is InChI=1S/C11H15N3O2/c1-7-4-5-8(14(15)16)10(12-7)13-9-6-11(9,2)3/h4-5,9H,6H2,1-3H3,(H,12,13). The topological polar surface area (TPSA) is 68.1 Å². The van der Waals surface area contributed by atoms with Gasteiger partial charge in [-0.05, 0) is 24.8 Å². The van der Waals surface area contributed by atoms with E-state index in [0.717, 1.165) is 12.1 Å². The van der Waals surface area contributed by atoms with E-state index < -0.39 is 4.92 Å². The number of nitrogens with one attached hydrogen (secondary N) is 1. The number of anilines is 1. The molecule has 1 heterocycles. The maximum atomic E-state index is 10.8. The van der Waals surface area contributed by atoms with Gasteiger partial charge in [0.1, 0.15) is 0 Å². The van der Waals surface area contributed by atoms with E-state index in [1.807, 2.05) is 6.92 Å². The zero-order valence-electron chi connectivity index (χ0n) is 9.65. The Labute approximate surface area is 94.0 Å². The van der Waals surface area contributed by atoms with Gasteiger partial charge in [-0.25, -0.2) is 4.98 Å². The molecule has 16 heavy (non-hydrogen) atoms. The highest BCUT2D eigenvalue weighted by molar-refractivity contribution is 5.57. The van der Waals surface area contributed by atoms with Gasteiger partial charge in [-0.2, -0.15) is 0 Å². The average Bonchev–Trinajstić information content (AvgIpc) is 2.72. The normalized spacial score (nSPS) is 21.6. The van der Waals surface area contributed by atoms with Gasteiger partial charge in [0.2, 0.25) is 5.82 Å². The molecule has 0 aromatic carbocycles. The third kappa shape index (κ3) is 1.98. The lowest BCUT2D eigenvalue weighted by atomic mass is 10.2. The second-order valence-electron chi connectivity index (χ2n) is 4.97. The molecular formula is C11H15N3O2. The van der Waals surface area contributed by atoms with Gasteiger partial charge in [0.05, 0.1) is 4.92 Å². The predicted molar refractivity (Wildman–Crippen MR) is 61.4 cm³/mol. The van der Waals surface area contributed by atoms with E-state index in [0.29, 0.717) is 11.9 Å². The lowest BCUT2D eigenvalue weighted by Gasteiger charge is -2.08. The fraction of sp³-hybridized carbons (Fsp3) is 0.545. The molecule has 86 valence electrons. The van der Waals surface area contributed by atoms with Crippen LogP contribution >= 0.6 is 0 Å². The monoisotopic (exact) mass is 221 g/mol. The molecule has 0 spiro atoms. The summed E-state index contributed by atoms with van der Waals surface area (Å²) in [5.74, 6) is 0.389. The first-order valence-corrected chi connectivity index (χ1v) is 5.29. The first-order chi connectivity index (χ1) is 7.40. The van der Waals surface area contributed by atoms with Gasteiger partial charge in [0.15, 0.2) is 0 Å². The van der Waals surface area contributed by atoms with Crippen LogP contribution in [0.5, 0.6) is 0 Å². The smallest absolute Gasteiger partial charge is 0.311 e. The van der Waals surface area contributed by atoms with Crippen LogP contribution in [0.2, 0.25) is 0 Å². The Morgan fingerprint density at radius 2 is 2.19 bits per heavy atom. The number of rotatable bonds is 3. The van der Waals surface area contributed by atoms with Gasteiger partial charge in [-0.15, -0.1) is 0 Å². The van der Waals surface area contributed by atoms with Crippen LogP contribution in [-0.4, -0.2) is 15.9 Å². The van der Waals surface area contributed by atoms with Crippen molar-refractivity contribution in [2.45, 2.75) is 33.2 Å². The van der Waals surface area contributed by atoms with E-state index in [1.165, 1.54) is 6.07 Å². The highest BCUT2D eigenvalue weighted by atomic mass is 16.6. The average molecular weight is 221 g/mol. The largest absolute Gasteiger partial charge is 0.361 e. The van der Waals surface area contributed by atoms with Crippen LogP contribution in [0.1, 0.15) is 26.0 Å². The Bertz CT molecular complexity index is 443. The summed E-state index contributed by atoms with van der Waals surface area (Å²) in [6, 6.07) is 3.45. The molecule has 1 unspecified atom stereocenters. The van der Waals surface area contributed by atoms with E-state index in [2.05, 4.69) is 24.1 Å². The molecule has 2 rings (SSSR count). The lowest BCUT2D eigenvalue weighted by Crippen LogP contribution is -2.11. The summed E-state index contributed by atoms with van der Waals surface area (Å²) in [4.78, 5) is 14.6. The van der Waals surface area contributed by atoms with Crippen molar-refractivity contribution in [2.75, 3.05) is 5.32 Å². The van der Waals surface area contributed by atoms with Crippen molar-refractivity contribution in [3.05, 3.63) is 27.9 Å². The molecule has 0 amide bonds. The minimum absolute atomic E-state index is 0.0494. The molecule has 1 aromatic heterocycles. The second-order valence-corrected chi connectivity index (χ2v) is 4.97. The van der Waals surface area contributed by atoms with E-state index in [4.69, 9.17) is 0 Å². The fourth-order valence-corrected chi connectivity index (χ4v) is 1.68. The summed E-state index contributed by atoms with van der Waals surface area (Å²) < 4.78 is 0. The van der Waals surface area contributed by atoms with E-state index in [9.17, 15) is 10.1 Å². The predicted octanol–water partition coefficient (Wildman–Crippen LogP) is 2.51. The number of hydrogen-bond donors (Lipinski definition) is 1. The maximum Gasteiger partial charge on any atom is 0.311 e. The summed E-state index contributed by atoms with van der Waals surface area (Å²) in [5.41, 5.74) is 1.05. The molecular weight excluding hydrogens is 206 g/mol. The van der Waals surface area contributed by atoms with Crippen molar-refractivity contribution in [1.29, 1.82) is 0 Å². The highest BCUT2D eigenvalue weighted by Crippen LogP contribution is 2.47.